The number of rotatable bonds is 8. The molecular formula is C43H58N2O13. The molecule has 15 nitrogen and oxygen atoms in total. The summed E-state index contributed by atoms with van der Waals surface area (Å²) >= 11 is 0. The van der Waals surface area contributed by atoms with Crippen molar-refractivity contribution in [1.29, 1.82) is 0 Å². The Labute approximate surface area is 338 Å². The molecule has 0 saturated carbocycles. The number of nitrogens with zero attached hydrogens (tertiary/aromatic N) is 1. The molecule has 15 heteroatoms. The minimum Gasteiger partial charge on any atom is -0.507 e. The number of allylic oxidation sites excluding steroid dienone is 2. The number of fused-ring (bicyclic) bond motifs is 14. The van der Waals surface area contributed by atoms with Gasteiger partial charge in [0, 0.05) is 61.2 Å². The molecule has 2 aromatic carbocycles. The van der Waals surface area contributed by atoms with Crippen LogP contribution in [-0.2, 0) is 28.6 Å². The molecule has 0 unspecified atom stereocenters. The summed E-state index contributed by atoms with van der Waals surface area (Å²) in [7, 11) is 1.43. The smallest absolute Gasteiger partial charge is 0.312 e. The maximum Gasteiger partial charge on any atom is 0.312 e. The first-order chi connectivity index (χ1) is 27.3. The van der Waals surface area contributed by atoms with E-state index in [1.165, 1.54) is 53.2 Å². The average Bonchev–Trinajstić information content (AvgIpc) is 3.45. The first-order valence-electron chi connectivity index (χ1n) is 19.6. The fraction of sp³-hybridized carbons (Fsp3) is 0.535. The highest BCUT2D eigenvalue weighted by molar-refractivity contribution is 6.23. The second kappa shape index (κ2) is 19.1. The van der Waals surface area contributed by atoms with E-state index in [-0.39, 0.29) is 51.1 Å². The molecular weight excluding hydrogens is 752 g/mol. The first kappa shape index (κ1) is 45.6. The molecule has 6 N–H and O–H groups in total. The van der Waals surface area contributed by atoms with Gasteiger partial charge in [0.1, 0.15) is 30.0 Å². The number of carbonyl (C=O) groups excluding carboxylic acids is 3. The molecule has 318 valence electrons. The lowest BCUT2D eigenvalue weighted by Gasteiger charge is -2.38. The molecule has 3 aliphatic heterocycles. The molecule has 5 rings (SSSR count). The summed E-state index contributed by atoms with van der Waals surface area (Å²) in [5.74, 6) is -8.57. The maximum atomic E-state index is 14.3. The van der Waals surface area contributed by atoms with E-state index in [1.54, 1.807) is 39.8 Å². The maximum absolute atomic E-state index is 14.3. The van der Waals surface area contributed by atoms with Crippen molar-refractivity contribution >= 4 is 40.3 Å². The fourth-order valence-corrected chi connectivity index (χ4v) is 7.43. The normalized spacial score (nSPS) is 30.4. The van der Waals surface area contributed by atoms with E-state index in [2.05, 4.69) is 10.5 Å². The van der Waals surface area contributed by atoms with E-state index in [1.807, 2.05) is 6.92 Å². The molecule has 58 heavy (non-hydrogen) atoms. The van der Waals surface area contributed by atoms with Crippen LogP contribution in [0.3, 0.4) is 0 Å². The number of ether oxygens (including phenoxy) is 4. The number of carbonyl (C=O) groups is 3. The third-order valence-electron chi connectivity index (χ3n) is 11.1. The SMILES string of the molecule is CCCCCO/N=C/c1c2c(O)c3c(O)c(C)c4c(c3c1O)C(=O)[C@@](C)(O/C=C\[C@H](OC)[C@@H](C)[C@@H](OC(C)=O)[C@H](C)[C@H](O)[C@H](C)[C@@H](O)[C@@H](C)/C=C\C=C(\C)C(=O)N2)O4. The Balaban J connectivity index is 1.95. The van der Waals surface area contributed by atoms with Crippen LogP contribution in [0.15, 0.2) is 41.3 Å². The number of aromatic hydroxyl groups is 3. The van der Waals surface area contributed by atoms with E-state index in [9.17, 15) is 39.9 Å². The number of hydrogen-bond acceptors (Lipinski definition) is 14. The van der Waals surface area contributed by atoms with Crippen LogP contribution in [0.5, 0.6) is 23.0 Å². The van der Waals surface area contributed by atoms with Gasteiger partial charge in [-0.05, 0) is 26.3 Å². The number of phenols is 3. The number of amides is 1. The number of phenolic OH excluding ortho intramolecular Hbond substituents is 3. The number of anilines is 1. The van der Waals surface area contributed by atoms with Gasteiger partial charge in [-0.3, -0.25) is 14.4 Å². The molecule has 3 heterocycles. The highest BCUT2D eigenvalue weighted by Gasteiger charge is 2.50. The number of aliphatic hydroxyl groups is 2. The van der Waals surface area contributed by atoms with E-state index in [4.69, 9.17) is 23.8 Å². The van der Waals surface area contributed by atoms with E-state index >= 15 is 0 Å². The lowest BCUT2D eigenvalue weighted by molar-refractivity contribution is -0.160. The molecule has 0 fully saturated rings. The monoisotopic (exact) mass is 810 g/mol. The molecule has 2 aromatic rings. The highest BCUT2D eigenvalue weighted by Crippen LogP contribution is 2.55. The summed E-state index contributed by atoms with van der Waals surface area (Å²) in [6.07, 6.45) is 7.10. The van der Waals surface area contributed by atoms with Gasteiger partial charge in [0.2, 0.25) is 0 Å². The van der Waals surface area contributed by atoms with Gasteiger partial charge >= 0.3 is 11.8 Å². The van der Waals surface area contributed by atoms with Gasteiger partial charge in [-0.1, -0.05) is 70.8 Å². The Bertz CT molecular complexity index is 1990. The summed E-state index contributed by atoms with van der Waals surface area (Å²) in [5, 5.41) is 64.0. The Hall–Kier alpha value is -5.12. The fourth-order valence-electron chi connectivity index (χ4n) is 7.43. The number of oxime groups is 1. The number of nitrogens with one attached hydrogen (secondary N) is 1. The number of Topliss-reactive ketones (excluding diaryl/α,β-unsaturated/α-hetero) is 1. The van der Waals surface area contributed by atoms with Crippen molar-refractivity contribution in [3.8, 4) is 23.0 Å². The second-order valence-corrected chi connectivity index (χ2v) is 15.4. The Morgan fingerprint density at radius 1 is 0.966 bits per heavy atom. The quantitative estimate of drug-likeness (QED) is 0.0431. The summed E-state index contributed by atoms with van der Waals surface area (Å²) in [4.78, 5) is 45.7. The summed E-state index contributed by atoms with van der Waals surface area (Å²) in [5.41, 5.74) is -0.565. The molecule has 3 aliphatic rings. The van der Waals surface area contributed by atoms with E-state index in [0.717, 1.165) is 19.1 Å². The Kier molecular flexibility index (Phi) is 15.0. The number of hydrogen-bond donors (Lipinski definition) is 6. The molecule has 1 amide bonds. The zero-order valence-electron chi connectivity index (χ0n) is 34.9. The van der Waals surface area contributed by atoms with Crippen LogP contribution in [0.4, 0.5) is 5.69 Å². The molecule has 0 aliphatic carbocycles. The van der Waals surface area contributed by atoms with Gasteiger partial charge in [-0.15, -0.1) is 0 Å². The summed E-state index contributed by atoms with van der Waals surface area (Å²) in [6.45, 7) is 14.7. The largest absolute Gasteiger partial charge is 0.507 e. The predicted octanol–water partition coefficient (Wildman–Crippen LogP) is 6.29. The Morgan fingerprint density at radius 3 is 2.29 bits per heavy atom. The van der Waals surface area contributed by atoms with Crippen LogP contribution >= 0.6 is 0 Å². The van der Waals surface area contributed by atoms with Gasteiger partial charge in [-0.25, -0.2) is 0 Å². The number of ketones is 1. The van der Waals surface area contributed by atoms with Gasteiger partial charge in [-0.2, -0.15) is 0 Å². The summed E-state index contributed by atoms with van der Waals surface area (Å²) < 4.78 is 23.5. The van der Waals surface area contributed by atoms with Crippen molar-refractivity contribution in [2.24, 2.45) is 28.8 Å². The third kappa shape index (κ3) is 9.27. The molecule has 0 aromatic heterocycles. The lowest BCUT2D eigenvalue weighted by atomic mass is 9.78. The predicted molar refractivity (Wildman–Crippen MR) is 217 cm³/mol. The standard InChI is InChI=1S/C43H58N2O13/c1-11-12-13-18-56-44-20-28-33-38(51)31-30(37(28)50)32-40(26(7)36(31)49)58-43(9,41(32)52)55-19-17-29(54-10)23(4)39(57-27(8)46)25(6)35(48)24(5)34(47)21(2)15-14-16-22(3)42(53)45-33/h14-17,19-21,23-25,29,34-35,39,47-51H,11-13,18H2,1-10H3,(H,45,53)/b15-14-,19-17-,22-16-,44-20+/t21-,23+,24+,25+,29-,34-,35+,39+,43-/m0/s1. The van der Waals surface area contributed by atoms with Crippen LogP contribution in [-0.4, -0.2) is 93.3 Å². The number of esters is 1. The van der Waals surface area contributed by atoms with Crippen molar-refractivity contribution < 1.29 is 63.7 Å². The van der Waals surface area contributed by atoms with Crippen molar-refractivity contribution in [3.63, 3.8) is 0 Å². The minimum absolute atomic E-state index is 0.0391. The third-order valence-corrected chi connectivity index (χ3v) is 11.1. The molecule has 0 saturated heterocycles. The number of methoxy groups -OCH3 is 1. The van der Waals surface area contributed by atoms with Crippen LogP contribution in [0, 0.1) is 30.6 Å². The van der Waals surface area contributed by atoms with E-state index in [0.29, 0.717) is 6.42 Å². The second-order valence-electron chi connectivity index (χ2n) is 15.4. The number of aliphatic hydroxyl groups excluding tert-OH is 2. The van der Waals surface area contributed by atoms with Gasteiger partial charge in [0.05, 0.1) is 53.0 Å². The molecule has 0 spiro atoms. The van der Waals surface area contributed by atoms with Crippen molar-refractivity contribution in [2.45, 2.75) is 112 Å². The minimum atomic E-state index is -2.05. The van der Waals surface area contributed by atoms with Crippen molar-refractivity contribution in [1.82, 2.24) is 0 Å². The zero-order valence-corrected chi connectivity index (χ0v) is 34.9. The topological polar surface area (TPSA) is 223 Å². The number of benzene rings is 2. The van der Waals surface area contributed by atoms with Gasteiger partial charge in [0.15, 0.2) is 5.75 Å². The molecule has 9 atom stereocenters. The average molecular weight is 811 g/mol. The highest BCUT2D eigenvalue weighted by atomic mass is 16.7. The lowest BCUT2D eigenvalue weighted by Crippen LogP contribution is -2.46. The molecule has 5 bridgehead atoms. The first-order valence-corrected chi connectivity index (χ1v) is 19.6. The Morgan fingerprint density at radius 2 is 1.66 bits per heavy atom. The van der Waals surface area contributed by atoms with Crippen LogP contribution in [0.2, 0.25) is 0 Å². The number of unbranched alkanes of at least 4 members (excludes halogenated alkanes) is 2. The van der Waals surface area contributed by atoms with Crippen molar-refractivity contribution in [3.05, 3.63) is 52.8 Å². The van der Waals surface area contributed by atoms with Crippen molar-refractivity contribution in [2.75, 3.05) is 19.0 Å². The van der Waals surface area contributed by atoms with Gasteiger partial charge in [0.25, 0.3) is 11.7 Å². The van der Waals surface area contributed by atoms with Crippen LogP contribution in [0.25, 0.3) is 10.8 Å². The van der Waals surface area contributed by atoms with E-state index < -0.39 is 88.8 Å². The molecule has 0 radical (unpaired) electrons. The zero-order chi connectivity index (χ0) is 43.2. The van der Waals surface area contributed by atoms with Crippen LogP contribution in [0.1, 0.15) is 96.1 Å². The van der Waals surface area contributed by atoms with Crippen LogP contribution < -0.4 is 10.1 Å². The summed E-state index contributed by atoms with van der Waals surface area (Å²) in [6, 6.07) is 0. The van der Waals surface area contributed by atoms with Gasteiger partial charge < -0.3 is 54.6 Å².